The fourth-order valence-corrected chi connectivity index (χ4v) is 8.06. The number of Topliss-reactive ketones (excluding diaryl/α,β-unsaturated/α-hetero) is 1. The molecule has 5 rings (SSSR count). The molecule has 9 heteroatoms. The first-order valence-electron chi connectivity index (χ1n) is 13.5. The fourth-order valence-electron chi connectivity index (χ4n) is 8.06. The number of aliphatic hydroxyl groups is 1. The second-order valence-corrected chi connectivity index (χ2v) is 12.3. The van der Waals surface area contributed by atoms with Crippen molar-refractivity contribution in [2.75, 3.05) is 11.9 Å². The number of aliphatic hydroxyl groups excluding tert-OH is 1. The molecule has 0 amide bonds. The van der Waals surface area contributed by atoms with Crippen LogP contribution in [-0.4, -0.2) is 52.7 Å². The average Bonchev–Trinajstić information content (AvgIpc) is 3.43. The lowest BCUT2D eigenvalue weighted by atomic mass is 9.44. The van der Waals surface area contributed by atoms with Crippen LogP contribution in [0.3, 0.4) is 0 Å². The van der Waals surface area contributed by atoms with E-state index >= 15 is 0 Å². The number of carbonyl (C=O) groups is 2. The highest BCUT2D eigenvalue weighted by molar-refractivity contribution is 6.61. The number of ether oxygens (including phenoxy) is 1. The molecular formula is C28H39BN2O6. The molecule has 200 valence electrons. The lowest BCUT2D eigenvalue weighted by molar-refractivity contribution is -0.205. The number of pyridine rings is 1. The van der Waals surface area contributed by atoms with E-state index in [0.717, 1.165) is 19.3 Å². The van der Waals surface area contributed by atoms with Crippen molar-refractivity contribution in [2.24, 2.45) is 34.0 Å². The number of rotatable bonds is 5. The van der Waals surface area contributed by atoms with Crippen molar-refractivity contribution in [1.82, 2.24) is 4.98 Å². The predicted molar refractivity (Wildman–Crippen MR) is 140 cm³/mol. The van der Waals surface area contributed by atoms with Gasteiger partial charge in [0.2, 0.25) is 0 Å². The van der Waals surface area contributed by atoms with E-state index in [-0.39, 0.29) is 42.1 Å². The van der Waals surface area contributed by atoms with Crippen molar-refractivity contribution < 1.29 is 29.1 Å². The molecule has 3 N–H and O–H groups in total. The molecule has 0 spiro atoms. The van der Waals surface area contributed by atoms with Crippen molar-refractivity contribution in [1.29, 1.82) is 0 Å². The van der Waals surface area contributed by atoms with Gasteiger partial charge < -0.3 is 24.8 Å². The number of fused-ring (bicyclic) bond motifs is 1. The van der Waals surface area contributed by atoms with Gasteiger partial charge in [-0.25, -0.2) is 0 Å². The first kappa shape index (κ1) is 26.4. The molecular weight excluding hydrogens is 471 g/mol. The Morgan fingerprint density at radius 1 is 1.38 bits per heavy atom. The number of anilines is 1. The van der Waals surface area contributed by atoms with Crippen LogP contribution in [0.4, 0.5) is 5.69 Å². The molecule has 37 heavy (non-hydrogen) atoms. The number of esters is 1. The third-order valence-corrected chi connectivity index (χ3v) is 10.7. The van der Waals surface area contributed by atoms with Crippen LogP contribution in [0, 0.1) is 34.0 Å². The summed E-state index contributed by atoms with van der Waals surface area (Å²) in [5, 5.41) is 24.6. The molecule has 3 fully saturated rings. The number of nitrogens with zero attached hydrogens (tertiary/aromatic N) is 1. The van der Waals surface area contributed by atoms with E-state index in [1.807, 2.05) is 6.92 Å². The summed E-state index contributed by atoms with van der Waals surface area (Å²) in [6, 6.07) is 1.73. The minimum absolute atomic E-state index is 0.0660. The zero-order chi connectivity index (χ0) is 26.8. The van der Waals surface area contributed by atoms with Gasteiger partial charge in [-0.2, -0.15) is 0 Å². The maximum absolute atomic E-state index is 13.5. The van der Waals surface area contributed by atoms with Gasteiger partial charge in [0, 0.05) is 28.6 Å². The number of hydrogen-bond donors (Lipinski definition) is 3. The molecule has 1 aliphatic heterocycles. The SMILES string of the molecule is C=C[C@]1(C)C[C@@H](OC(=O)CNc2cnc3c(c2)B(O)OC3)[C@]2(C)[C@H](C)CC[C@]3(CCC(=O)[C@H]32)[C@@H](C)[C@@H]1O. The zero-order valence-electron chi connectivity index (χ0n) is 22.3. The molecule has 2 heterocycles. The number of carbonyl (C=O) groups excluding carboxylic acids is 2. The summed E-state index contributed by atoms with van der Waals surface area (Å²) in [6.07, 6.45) is 5.67. The largest absolute Gasteiger partial charge is 0.493 e. The zero-order valence-corrected chi connectivity index (χ0v) is 22.3. The van der Waals surface area contributed by atoms with Gasteiger partial charge in [-0.3, -0.25) is 14.6 Å². The van der Waals surface area contributed by atoms with Gasteiger partial charge in [-0.1, -0.05) is 33.8 Å². The Morgan fingerprint density at radius 3 is 2.86 bits per heavy atom. The van der Waals surface area contributed by atoms with Gasteiger partial charge in [0.25, 0.3) is 0 Å². The molecule has 3 saturated carbocycles. The number of hydrogen-bond acceptors (Lipinski definition) is 8. The van der Waals surface area contributed by atoms with Crippen LogP contribution in [0.5, 0.6) is 0 Å². The van der Waals surface area contributed by atoms with Gasteiger partial charge in [0.05, 0.1) is 30.3 Å². The van der Waals surface area contributed by atoms with Crippen LogP contribution in [-0.2, 0) is 25.6 Å². The van der Waals surface area contributed by atoms with Crippen LogP contribution in [0.25, 0.3) is 0 Å². The number of aromatic nitrogens is 1. The molecule has 2 bridgehead atoms. The summed E-state index contributed by atoms with van der Waals surface area (Å²) in [4.78, 5) is 31.0. The van der Waals surface area contributed by atoms with E-state index in [4.69, 9.17) is 9.39 Å². The van der Waals surface area contributed by atoms with Crippen molar-refractivity contribution in [3.8, 4) is 0 Å². The van der Waals surface area contributed by atoms with Crippen LogP contribution < -0.4 is 10.8 Å². The third-order valence-electron chi connectivity index (χ3n) is 10.7. The quantitative estimate of drug-likeness (QED) is 0.315. The number of ketones is 1. The maximum Gasteiger partial charge on any atom is 0.493 e. The second-order valence-electron chi connectivity index (χ2n) is 12.3. The topological polar surface area (TPSA) is 118 Å². The lowest BCUT2D eigenvalue weighted by Crippen LogP contribution is -2.63. The fraction of sp³-hybridized carbons (Fsp3) is 0.679. The highest BCUT2D eigenvalue weighted by Crippen LogP contribution is 2.67. The molecule has 0 saturated heterocycles. The van der Waals surface area contributed by atoms with Crippen molar-refractivity contribution >= 4 is 30.0 Å². The van der Waals surface area contributed by atoms with E-state index in [0.29, 0.717) is 29.7 Å². The Bertz CT molecular complexity index is 1110. The van der Waals surface area contributed by atoms with Crippen molar-refractivity contribution in [2.45, 2.75) is 78.6 Å². The number of nitrogens with one attached hydrogen (secondary N) is 1. The molecule has 0 aromatic carbocycles. The molecule has 0 radical (unpaired) electrons. The molecule has 0 unspecified atom stereocenters. The molecule has 4 aliphatic rings. The van der Waals surface area contributed by atoms with Gasteiger partial charge >= 0.3 is 13.1 Å². The maximum atomic E-state index is 13.5. The monoisotopic (exact) mass is 510 g/mol. The average molecular weight is 510 g/mol. The van der Waals surface area contributed by atoms with Gasteiger partial charge in [-0.05, 0) is 49.0 Å². The van der Waals surface area contributed by atoms with E-state index in [2.05, 4.69) is 37.7 Å². The molecule has 3 aliphatic carbocycles. The summed E-state index contributed by atoms with van der Waals surface area (Å²) in [5.41, 5.74) is 0.333. The predicted octanol–water partition coefficient (Wildman–Crippen LogP) is 2.62. The highest BCUT2D eigenvalue weighted by Gasteiger charge is 2.68. The first-order valence-corrected chi connectivity index (χ1v) is 13.5. The minimum atomic E-state index is -1.02. The molecule has 1 aromatic rings. The molecule has 1 aromatic heterocycles. The highest BCUT2D eigenvalue weighted by atomic mass is 16.5. The smallest absolute Gasteiger partial charge is 0.460 e. The Labute approximate surface area is 219 Å². The summed E-state index contributed by atoms with van der Waals surface area (Å²) in [7, 11) is -1.02. The van der Waals surface area contributed by atoms with Gasteiger partial charge in [0.15, 0.2) is 0 Å². The Hall–Kier alpha value is -2.23. The lowest BCUT2D eigenvalue weighted by Gasteiger charge is -2.61. The molecule has 8 nitrogen and oxygen atoms in total. The Kier molecular flexibility index (Phi) is 6.57. The second kappa shape index (κ2) is 9.21. The summed E-state index contributed by atoms with van der Waals surface area (Å²) >= 11 is 0. The van der Waals surface area contributed by atoms with E-state index < -0.39 is 36.1 Å². The van der Waals surface area contributed by atoms with E-state index in [9.17, 15) is 19.7 Å². The van der Waals surface area contributed by atoms with Gasteiger partial charge in [0.1, 0.15) is 18.4 Å². The summed E-state index contributed by atoms with van der Waals surface area (Å²) in [6.45, 7) is 12.6. The van der Waals surface area contributed by atoms with Crippen LogP contribution in [0.1, 0.15) is 65.5 Å². The molecule has 8 atom stereocenters. The summed E-state index contributed by atoms with van der Waals surface area (Å²) in [5.74, 6) is -0.344. The normalized spacial score (nSPS) is 40.9. The Balaban J connectivity index is 1.43. The third kappa shape index (κ3) is 3.96. The van der Waals surface area contributed by atoms with Crippen molar-refractivity contribution in [3.63, 3.8) is 0 Å². The minimum Gasteiger partial charge on any atom is -0.460 e. The standard InChI is InChI=1S/C28H39BN2O6/c1-6-26(4)12-22(37-23(33)14-30-18-11-19-20(31-13-18)15-36-29(19)35)27(5)16(2)7-9-28(17(3)25(26)34)10-8-21(32)24(27)28/h6,11,13,16-17,22,24-25,30,34-35H,1,7-10,12,14-15H2,2-5H3/t16-,17+,22-,24+,25+,26-,27+,28+/m1/s1. The van der Waals surface area contributed by atoms with Crippen molar-refractivity contribution in [3.05, 3.63) is 30.6 Å². The Morgan fingerprint density at radius 2 is 2.14 bits per heavy atom. The van der Waals surface area contributed by atoms with Crippen LogP contribution in [0.2, 0.25) is 0 Å². The van der Waals surface area contributed by atoms with Crippen LogP contribution in [0.15, 0.2) is 24.9 Å². The summed E-state index contributed by atoms with van der Waals surface area (Å²) < 4.78 is 11.4. The van der Waals surface area contributed by atoms with E-state index in [1.165, 1.54) is 0 Å². The van der Waals surface area contributed by atoms with E-state index in [1.54, 1.807) is 18.3 Å². The first-order chi connectivity index (χ1) is 17.5. The van der Waals surface area contributed by atoms with Gasteiger partial charge in [-0.15, -0.1) is 6.58 Å². The van der Waals surface area contributed by atoms with Crippen LogP contribution >= 0.6 is 0 Å².